The molecule has 1 heterocycles. The predicted octanol–water partition coefficient (Wildman–Crippen LogP) is 1.90. The van der Waals surface area contributed by atoms with Gasteiger partial charge in [0, 0.05) is 6.04 Å². The highest BCUT2D eigenvalue weighted by molar-refractivity contribution is 5.28. The lowest BCUT2D eigenvalue weighted by Gasteiger charge is -2.15. The summed E-state index contributed by atoms with van der Waals surface area (Å²) < 4.78 is 1.87. The number of aromatic nitrogens is 3. The zero-order chi connectivity index (χ0) is 12.4. The van der Waals surface area contributed by atoms with Crippen LogP contribution in [0, 0.1) is 20.8 Å². The van der Waals surface area contributed by atoms with Gasteiger partial charge in [-0.25, -0.2) is 9.67 Å². The Labute approximate surface area is 101 Å². The third kappa shape index (κ3) is 2.53. The van der Waals surface area contributed by atoms with Crippen molar-refractivity contribution < 1.29 is 0 Å². The number of aryl methyl sites for hydroxylation is 3. The molecule has 2 aromatic rings. The number of hydrogen-bond acceptors (Lipinski definition) is 3. The summed E-state index contributed by atoms with van der Waals surface area (Å²) in [7, 11) is 0. The molecule has 2 N–H and O–H groups in total. The van der Waals surface area contributed by atoms with Crippen LogP contribution in [0.4, 0.5) is 0 Å². The van der Waals surface area contributed by atoms with Crippen molar-refractivity contribution in [2.75, 3.05) is 0 Å². The molecule has 0 amide bonds. The van der Waals surface area contributed by atoms with Crippen molar-refractivity contribution in [3.8, 4) is 0 Å². The van der Waals surface area contributed by atoms with Gasteiger partial charge in [-0.15, -0.1) is 0 Å². The van der Waals surface area contributed by atoms with Crippen LogP contribution < -0.4 is 5.73 Å². The predicted molar refractivity (Wildman–Crippen MR) is 67.6 cm³/mol. The molecule has 0 spiro atoms. The molecular formula is C13H18N4. The minimum absolute atomic E-state index is 0.0454. The smallest absolute Gasteiger partial charge is 0.147 e. The van der Waals surface area contributed by atoms with Gasteiger partial charge in [-0.05, 0) is 31.9 Å². The molecule has 1 aromatic carbocycles. The third-order valence-corrected chi connectivity index (χ3v) is 2.92. The van der Waals surface area contributed by atoms with Crippen molar-refractivity contribution in [2.45, 2.75) is 33.4 Å². The number of benzene rings is 1. The van der Waals surface area contributed by atoms with Gasteiger partial charge in [0.1, 0.15) is 11.6 Å². The summed E-state index contributed by atoms with van der Waals surface area (Å²) in [6.45, 7) is 6.58. The molecule has 17 heavy (non-hydrogen) atoms. The zero-order valence-electron chi connectivity index (χ0n) is 10.5. The Balaban J connectivity index is 2.20. The van der Waals surface area contributed by atoms with Crippen LogP contribution in [-0.2, 0) is 6.54 Å². The Hall–Kier alpha value is -1.68. The topological polar surface area (TPSA) is 56.7 Å². The average Bonchev–Trinajstić information content (AvgIpc) is 2.58. The molecule has 90 valence electrons. The van der Waals surface area contributed by atoms with Crippen LogP contribution >= 0.6 is 0 Å². The number of hydrogen-bond donors (Lipinski definition) is 1. The summed E-state index contributed by atoms with van der Waals surface area (Å²) in [6.07, 6.45) is 0. The first-order valence-corrected chi connectivity index (χ1v) is 5.77. The van der Waals surface area contributed by atoms with E-state index in [4.69, 9.17) is 5.73 Å². The molecule has 0 saturated heterocycles. The minimum atomic E-state index is -0.0454. The minimum Gasteiger partial charge on any atom is -0.322 e. The van der Waals surface area contributed by atoms with E-state index < -0.39 is 0 Å². The Bertz CT molecular complexity index is 516. The molecule has 0 fully saturated rings. The third-order valence-electron chi connectivity index (χ3n) is 2.92. The molecule has 0 bridgehead atoms. The fourth-order valence-corrected chi connectivity index (χ4v) is 2.02. The lowest BCUT2D eigenvalue weighted by molar-refractivity contribution is 0.512. The highest BCUT2D eigenvalue weighted by Crippen LogP contribution is 2.17. The maximum Gasteiger partial charge on any atom is 0.147 e. The molecule has 0 aliphatic carbocycles. The molecule has 1 unspecified atom stereocenters. The molecule has 1 aromatic heterocycles. The van der Waals surface area contributed by atoms with Gasteiger partial charge < -0.3 is 5.73 Å². The monoisotopic (exact) mass is 230 g/mol. The lowest BCUT2D eigenvalue weighted by atomic mass is 10.0. The van der Waals surface area contributed by atoms with Crippen molar-refractivity contribution in [3.05, 3.63) is 47.0 Å². The van der Waals surface area contributed by atoms with Gasteiger partial charge in [0.25, 0.3) is 0 Å². The first kappa shape index (κ1) is 11.8. The standard InChI is InChI=1S/C13H18N4/c1-9-6-4-5-7-12(9)13(14)8-17-11(3)15-10(2)16-17/h4-7,13H,8,14H2,1-3H3. The molecule has 2 rings (SSSR count). The molecule has 0 aliphatic rings. The molecule has 0 aliphatic heterocycles. The highest BCUT2D eigenvalue weighted by atomic mass is 15.3. The number of nitrogens with two attached hydrogens (primary N) is 1. The Kier molecular flexibility index (Phi) is 3.24. The second kappa shape index (κ2) is 4.67. The maximum atomic E-state index is 6.22. The second-order valence-electron chi connectivity index (χ2n) is 4.35. The maximum absolute atomic E-state index is 6.22. The molecule has 0 radical (unpaired) electrons. The van der Waals surface area contributed by atoms with E-state index in [1.165, 1.54) is 11.1 Å². The van der Waals surface area contributed by atoms with Crippen molar-refractivity contribution in [3.63, 3.8) is 0 Å². The number of rotatable bonds is 3. The lowest BCUT2D eigenvalue weighted by Crippen LogP contribution is -2.20. The van der Waals surface area contributed by atoms with Crippen molar-refractivity contribution in [2.24, 2.45) is 5.73 Å². The molecule has 4 nitrogen and oxygen atoms in total. The second-order valence-corrected chi connectivity index (χ2v) is 4.35. The molecule has 4 heteroatoms. The normalized spacial score (nSPS) is 12.7. The van der Waals surface area contributed by atoms with Gasteiger partial charge in [0.15, 0.2) is 0 Å². The van der Waals surface area contributed by atoms with Gasteiger partial charge in [0.2, 0.25) is 0 Å². The van der Waals surface area contributed by atoms with Crippen molar-refractivity contribution in [1.82, 2.24) is 14.8 Å². The van der Waals surface area contributed by atoms with Crippen LogP contribution in [0.5, 0.6) is 0 Å². The fourth-order valence-electron chi connectivity index (χ4n) is 2.02. The Morgan fingerprint density at radius 1 is 1.24 bits per heavy atom. The van der Waals surface area contributed by atoms with Gasteiger partial charge in [-0.3, -0.25) is 0 Å². The van der Waals surface area contributed by atoms with E-state index in [1.54, 1.807) is 0 Å². The van der Waals surface area contributed by atoms with Gasteiger partial charge in [-0.1, -0.05) is 24.3 Å². The van der Waals surface area contributed by atoms with E-state index in [2.05, 4.69) is 29.1 Å². The van der Waals surface area contributed by atoms with Gasteiger partial charge >= 0.3 is 0 Å². The van der Waals surface area contributed by atoms with E-state index in [0.717, 1.165) is 11.6 Å². The van der Waals surface area contributed by atoms with E-state index >= 15 is 0 Å². The van der Waals surface area contributed by atoms with Crippen LogP contribution in [-0.4, -0.2) is 14.8 Å². The summed E-state index contributed by atoms with van der Waals surface area (Å²) in [6, 6.07) is 8.14. The van der Waals surface area contributed by atoms with Gasteiger partial charge in [0.05, 0.1) is 6.54 Å². The summed E-state index contributed by atoms with van der Waals surface area (Å²) in [4.78, 5) is 4.28. The number of nitrogens with zero attached hydrogens (tertiary/aromatic N) is 3. The van der Waals surface area contributed by atoms with Crippen LogP contribution in [0.25, 0.3) is 0 Å². The first-order chi connectivity index (χ1) is 8.08. The Morgan fingerprint density at radius 3 is 2.53 bits per heavy atom. The van der Waals surface area contributed by atoms with E-state index in [1.807, 2.05) is 30.7 Å². The van der Waals surface area contributed by atoms with Crippen LogP contribution in [0.3, 0.4) is 0 Å². The van der Waals surface area contributed by atoms with Crippen molar-refractivity contribution in [1.29, 1.82) is 0 Å². The van der Waals surface area contributed by atoms with Crippen LogP contribution in [0.1, 0.15) is 28.8 Å². The first-order valence-electron chi connectivity index (χ1n) is 5.77. The SMILES string of the molecule is Cc1nc(C)n(CC(N)c2ccccc2C)n1. The summed E-state index contributed by atoms with van der Waals surface area (Å²) in [5, 5.41) is 4.33. The molecule has 1 atom stereocenters. The summed E-state index contributed by atoms with van der Waals surface area (Å²) in [5.41, 5.74) is 8.60. The fraction of sp³-hybridized carbons (Fsp3) is 0.385. The molecular weight excluding hydrogens is 212 g/mol. The quantitative estimate of drug-likeness (QED) is 0.876. The summed E-state index contributed by atoms with van der Waals surface area (Å²) >= 11 is 0. The van der Waals surface area contributed by atoms with Gasteiger partial charge in [-0.2, -0.15) is 5.10 Å². The zero-order valence-corrected chi connectivity index (χ0v) is 10.5. The van der Waals surface area contributed by atoms with Crippen molar-refractivity contribution >= 4 is 0 Å². The van der Waals surface area contributed by atoms with E-state index in [-0.39, 0.29) is 6.04 Å². The Morgan fingerprint density at radius 2 is 1.94 bits per heavy atom. The van der Waals surface area contributed by atoms with E-state index in [0.29, 0.717) is 6.54 Å². The largest absolute Gasteiger partial charge is 0.322 e. The van der Waals surface area contributed by atoms with Crippen LogP contribution in [0.15, 0.2) is 24.3 Å². The average molecular weight is 230 g/mol. The highest BCUT2D eigenvalue weighted by Gasteiger charge is 2.11. The summed E-state index contributed by atoms with van der Waals surface area (Å²) in [5.74, 6) is 1.70. The van der Waals surface area contributed by atoms with Crippen LogP contribution in [0.2, 0.25) is 0 Å². The van der Waals surface area contributed by atoms with E-state index in [9.17, 15) is 0 Å². The molecule has 0 saturated carbocycles.